The molecule has 0 saturated heterocycles. The van der Waals surface area contributed by atoms with Gasteiger partial charge in [0.15, 0.2) is 11.4 Å². The van der Waals surface area contributed by atoms with Gasteiger partial charge in [-0.3, -0.25) is 14.6 Å². The van der Waals surface area contributed by atoms with Gasteiger partial charge in [0.1, 0.15) is 6.54 Å². The summed E-state index contributed by atoms with van der Waals surface area (Å²) < 4.78 is 43.6. The van der Waals surface area contributed by atoms with E-state index < -0.39 is 29.7 Å². The highest BCUT2D eigenvalue weighted by Gasteiger charge is 2.30. The van der Waals surface area contributed by atoms with Crippen LogP contribution < -0.4 is 21.5 Å². The lowest BCUT2D eigenvalue weighted by atomic mass is 10.1. The summed E-state index contributed by atoms with van der Waals surface area (Å²) in [5.74, 6) is -0.214. The van der Waals surface area contributed by atoms with Crippen LogP contribution in [0.25, 0.3) is 11.3 Å². The van der Waals surface area contributed by atoms with Crippen molar-refractivity contribution in [1.29, 1.82) is 0 Å². The predicted octanol–water partition coefficient (Wildman–Crippen LogP) is 3.47. The van der Waals surface area contributed by atoms with E-state index in [1.807, 2.05) is 0 Å². The standard InChI is InChI=1S/C18H14Cl2F3N5O4/c1-7(2)9-5-12(25-26-15(9)29)32-14-10(19)3-8(4-11(14)20)13-16(30)24-17(31)28(27-13)6-18(21,22)23/h3-5,7H,6H2,1-2H3,(H,26,29)(H,24,30,31). The summed E-state index contributed by atoms with van der Waals surface area (Å²) in [6.45, 7) is 1.89. The average Bonchev–Trinajstić information content (AvgIpc) is 2.66. The van der Waals surface area contributed by atoms with Crippen molar-refractivity contribution < 1.29 is 17.9 Å². The summed E-state index contributed by atoms with van der Waals surface area (Å²) in [5.41, 5.74) is -2.90. The van der Waals surface area contributed by atoms with Crippen LogP contribution in [0.4, 0.5) is 13.2 Å². The van der Waals surface area contributed by atoms with Gasteiger partial charge in [0.05, 0.1) is 10.0 Å². The minimum atomic E-state index is -4.74. The minimum Gasteiger partial charge on any atom is -0.434 e. The second-order valence-electron chi connectivity index (χ2n) is 6.90. The van der Waals surface area contributed by atoms with E-state index in [0.29, 0.717) is 5.56 Å². The van der Waals surface area contributed by atoms with E-state index in [4.69, 9.17) is 27.9 Å². The summed E-state index contributed by atoms with van der Waals surface area (Å²) in [4.78, 5) is 37.3. The average molecular weight is 492 g/mol. The summed E-state index contributed by atoms with van der Waals surface area (Å²) in [5, 5.41) is 9.29. The zero-order chi connectivity index (χ0) is 23.8. The van der Waals surface area contributed by atoms with Crippen molar-refractivity contribution in [3.63, 3.8) is 0 Å². The smallest absolute Gasteiger partial charge is 0.408 e. The van der Waals surface area contributed by atoms with Gasteiger partial charge in [0.2, 0.25) is 5.88 Å². The second kappa shape index (κ2) is 8.79. The van der Waals surface area contributed by atoms with Crippen LogP contribution in [0.15, 0.2) is 32.6 Å². The van der Waals surface area contributed by atoms with Gasteiger partial charge in [0, 0.05) is 17.2 Å². The maximum Gasteiger partial charge on any atom is 0.408 e. The third-order valence-corrected chi connectivity index (χ3v) is 4.69. The van der Waals surface area contributed by atoms with E-state index in [1.165, 1.54) is 18.2 Å². The molecule has 0 amide bonds. The SMILES string of the molecule is CC(C)c1cc(Oc2c(Cl)cc(-c3nn(CC(F)(F)F)c(=O)[nH]c3=O)cc2Cl)n[nH]c1=O. The Kier molecular flexibility index (Phi) is 6.46. The first kappa shape index (κ1) is 23.5. The lowest BCUT2D eigenvalue weighted by Gasteiger charge is -2.12. The van der Waals surface area contributed by atoms with Crippen LogP contribution in [-0.2, 0) is 6.54 Å². The maximum absolute atomic E-state index is 12.7. The summed E-state index contributed by atoms with van der Waals surface area (Å²) in [6.07, 6.45) is -4.74. The highest BCUT2D eigenvalue weighted by Crippen LogP contribution is 2.38. The van der Waals surface area contributed by atoms with Crippen molar-refractivity contribution in [2.75, 3.05) is 0 Å². The molecule has 2 N–H and O–H groups in total. The largest absolute Gasteiger partial charge is 0.434 e. The fourth-order valence-electron chi connectivity index (χ4n) is 2.68. The number of alkyl halides is 3. The molecule has 0 saturated carbocycles. The van der Waals surface area contributed by atoms with Crippen LogP contribution in [0.2, 0.25) is 10.0 Å². The zero-order valence-electron chi connectivity index (χ0n) is 16.4. The van der Waals surface area contributed by atoms with E-state index in [9.17, 15) is 27.6 Å². The van der Waals surface area contributed by atoms with Crippen LogP contribution in [0.1, 0.15) is 25.3 Å². The molecule has 32 heavy (non-hydrogen) atoms. The molecule has 0 bridgehead atoms. The highest BCUT2D eigenvalue weighted by molar-refractivity contribution is 6.37. The predicted molar refractivity (Wildman–Crippen MR) is 110 cm³/mol. The number of rotatable bonds is 5. The zero-order valence-corrected chi connectivity index (χ0v) is 17.9. The van der Waals surface area contributed by atoms with Crippen LogP contribution in [-0.4, -0.2) is 31.1 Å². The van der Waals surface area contributed by atoms with Crippen LogP contribution in [0.5, 0.6) is 11.6 Å². The van der Waals surface area contributed by atoms with Gasteiger partial charge in [-0.05, 0) is 18.1 Å². The second-order valence-corrected chi connectivity index (χ2v) is 7.71. The van der Waals surface area contributed by atoms with Gasteiger partial charge in [-0.2, -0.15) is 18.3 Å². The first-order valence-corrected chi connectivity index (χ1v) is 9.66. The molecule has 0 aliphatic rings. The Morgan fingerprint density at radius 3 is 2.28 bits per heavy atom. The van der Waals surface area contributed by atoms with Gasteiger partial charge < -0.3 is 4.74 Å². The minimum absolute atomic E-state index is 0.0143. The summed E-state index contributed by atoms with van der Waals surface area (Å²) in [7, 11) is 0. The van der Waals surface area contributed by atoms with Gasteiger partial charge in [0.25, 0.3) is 11.1 Å². The number of aromatic nitrogens is 5. The fraction of sp³-hybridized carbons (Fsp3) is 0.278. The van der Waals surface area contributed by atoms with E-state index in [1.54, 1.807) is 18.8 Å². The number of ether oxygens (including phenoxy) is 1. The molecule has 9 nitrogen and oxygen atoms in total. The number of halogens is 5. The molecular weight excluding hydrogens is 478 g/mol. The molecule has 170 valence electrons. The van der Waals surface area contributed by atoms with Crippen molar-refractivity contribution in [2.24, 2.45) is 0 Å². The summed E-state index contributed by atoms with van der Waals surface area (Å²) >= 11 is 12.4. The Hall–Kier alpha value is -3.12. The quantitative estimate of drug-likeness (QED) is 0.563. The Balaban J connectivity index is 2.03. The molecule has 0 unspecified atom stereocenters. The Labute approximate surface area is 186 Å². The molecule has 2 aromatic heterocycles. The van der Waals surface area contributed by atoms with Crippen molar-refractivity contribution >= 4 is 23.2 Å². The van der Waals surface area contributed by atoms with Gasteiger partial charge in [-0.1, -0.05) is 37.0 Å². The molecule has 0 radical (unpaired) electrons. The van der Waals surface area contributed by atoms with E-state index in [0.717, 1.165) is 0 Å². The number of H-pyrrole nitrogens is 2. The molecule has 0 spiro atoms. The number of nitrogens with one attached hydrogen (secondary N) is 2. The summed E-state index contributed by atoms with van der Waals surface area (Å²) in [6, 6.07) is 3.76. The van der Waals surface area contributed by atoms with Crippen molar-refractivity contribution in [3.05, 3.63) is 65.0 Å². The number of nitrogens with zero attached hydrogens (tertiary/aromatic N) is 3. The van der Waals surface area contributed by atoms with E-state index >= 15 is 0 Å². The lowest BCUT2D eigenvalue weighted by molar-refractivity contribution is -0.143. The lowest BCUT2D eigenvalue weighted by Crippen LogP contribution is -2.37. The first-order valence-electron chi connectivity index (χ1n) is 8.91. The number of hydrogen-bond donors (Lipinski definition) is 2. The molecule has 1 aromatic carbocycles. The molecule has 0 aliphatic heterocycles. The number of benzene rings is 1. The molecule has 14 heteroatoms. The molecule has 3 rings (SSSR count). The molecule has 3 aromatic rings. The Bertz CT molecular complexity index is 1320. The van der Waals surface area contributed by atoms with E-state index in [-0.39, 0.29) is 43.4 Å². The maximum atomic E-state index is 12.7. The fourth-order valence-corrected chi connectivity index (χ4v) is 3.24. The normalized spacial score (nSPS) is 11.8. The molecular formula is C18H14Cl2F3N5O4. The topological polar surface area (TPSA) is 123 Å². The monoisotopic (exact) mass is 491 g/mol. The number of hydrogen-bond acceptors (Lipinski definition) is 6. The highest BCUT2D eigenvalue weighted by atomic mass is 35.5. The van der Waals surface area contributed by atoms with Crippen LogP contribution >= 0.6 is 23.2 Å². The Morgan fingerprint density at radius 2 is 1.72 bits per heavy atom. The third kappa shape index (κ3) is 5.19. The number of aromatic amines is 2. The molecule has 0 atom stereocenters. The Morgan fingerprint density at radius 1 is 1.09 bits per heavy atom. The van der Waals surface area contributed by atoms with Crippen LogP contribution in [0.3, 0.4) is 0 Å². The van der Waals surface area contributed by atoms with Gasteiger partial charge >= 0.3 is 11.9 Å². The van der Waals surface area contributed by atoms with E-state index in [2.05, 4.69) is 15.3 Å². The van der Waals surface area contributed by atoms with Gasteiger partial charge in [-0.15, -0.1) is 5.10 Å². The third-order valence-electron chi connectivity index (χ3n) is 4.13. The van der Waals surface area contributed by atoms with Crippen LogP contribution in [0, 0.1) is 0 Å². The molecule has 0 fully saturated rings. The van der Waals surface area contributed by atoms with Gasteiger partial charge in [-0.25, -0.2) is 14.6 Å². The van der Waals surface area contributed by atoms with Crippen molar-refractivity contribution in [3.8, 4) is 22.9 Å². The first-order chi connectivity index (χ1) is 14.9. The molecule has 2 heterocycles. The molecule has 0 aliphatic carbocycles. The van der Waals surface area contributed by atoms with Crippen molar-refractivity contribution in [1.82, 2.24) is 25.0 Å². The van der Waals surface area contributed by atoms with Crippen molar-refractivity contribution in [2.45, 2.75) is 32.5 Å².